The molecule has 118 valence electrons. The first-order chi connectivity index (χ1) is 9.18. The minimum absolute atomic E-state index is 0.0230. The van der Waals surface area contributed by atoms with Gasteiger partial charge in [-0.15, -0.1) is 0 Å². The minimum atomic E-state index is -1.19. The smallest absolute Gasteiger partial charge is 0.329 e. The zero-order valence-electron chi connectivity index (χ0n) is 13.5. The predicted molar refractivity (Wildman–Crippen MR) is 79.8 cm³/mol. The highest BCUT2D eigenvalue weighted by molar-refractivity contribution is 5.86. The van der Waals surface area contributed by atoms with Gasteiger partial charge in [0.15, 0.2) is 0 Å². The van der Waals surface area contributed by atoms with Crippen LogP contribution in [0.4, 0.5) is 4.79 Å². The van der Waals surface area contributed by atoms with Gasteiger partial charge in [0.05, 0.1) is 0 Å². The van der Waals surface area contributed by atoms with Crippen molar-refractivity contribution in [2.45, 2.75) is 52.1 Å². The normalized spacial score (nSPS) is 13.4. The van der Waals surface area contributed by atoms with Gasteiger partial charge in [-0.25, -0.2) is 9.59 Å². The lowest BCUT2D eigenvalue weighted by Crippen LogP contribution is -2.59. The van der Waals surface area contributed by atoms with Gasteiger partial charge in [0, 0.05) is 12.6 Å². The minimum Gasteiger partial charge on any atom is -0.480 e. The van der Waals surface area contributed by atoms with E-state index in [4.69, 9.17) is 0 Å². The van der Waals surface area contributed by atoms with Crippen molar-refractivity contribution in [1.82, 2.24) is 15.5 Å². The van der Waals surface area contributed by atoms with Crippen LogP contribution in [0.3, 0.4) is 0 Å². The largest absolute Gasteiger partial charge is 0.480 e. The van der Waals surface area contributed by atoms with E-state index in [1.165, 1.54) is 0 Å². The van der Waals surface area contributed by atoms with Gasteiger partial charge in [-0.1, -0.05) is 27.7 Å². The molecule has 20 heavy (non-hydrogen) atoms. The number of rotatable bonds is 8. The summed E-state index contributed by atoms with van der Waals surface area (Å²) in [5.41, 5.74) is -1.19. The summed E-state index contributed by atoms with van der Waals surface area (Å²) >= 11 is 0. The Morgan fingerprint density at radius 2 is 1.70 bits per heavy atom. The van der Waals surface area contributed by atoms with Crippen molar-refractivity contribution in [3.05, 3.63) is 0 Å². The van der Waals surface area contributed by atoms with Crippen LogP contribution in [0.1, 0.15) is 40.5 Å². The molecule has 6 nitrogen and oxygen atoms in total. The monoisotopic (exact) mass is 287 g/mol. The summed E-state index contributed by atoms with van der Waals surface area (Å²) in [5, 5.41) is 14.8. The lowest BCUT2D eigenvalue weighted by atomic mass is 9.93. The van der Waals surface area contributed by atoms with E-state index >= 15 is 0 Å². The number of hydrogen-bond acceptors (Lipinski definition) is 3. The Bertz CT molecular complexity index is 326. The lowest BCUT2D eigenvalue weighted by molar-refractivity contribution is -0.144. The molecule has 2 amide bonds. The Morgan fingerprint density at radius 3 is 2.00 bits per heavy atom. The number of urea groups is 1. The van der Waals surface area contributed by atoms with E-state index < -0.39 is 17.5 Å². The molecule has 6 heteroatoms. The Labute approximate surface area is 121 Å². The van der Waals surface area contributed by atoms with Gasteiger partial charge < -0.3 is 20.6 Å². The van der Waals surface area contributed by atoms with Gasteiger partial charge in [0.1, 0.15) is 5.54 Å². The maximum Gasteiger partial charge on any atom is 0.329 e. The highest BCUT2D eigenvalue weighted by Gasteiger charge is 2.36. The van der Waals surface area contributed by atoms with Crippen LogP contribution < -0.4 is 10.6 Å². The summed E-state index contributed by atoms with van der Waals surface area (Å²) in [6, 6.07) is -0.443. The second-order valence-corrected chi connectivity index (χ2v) is 5.81. The number of aliphatic carboxylic acids is 1. The summed E-state index contributed by atoms with van der Waals surface area (Å²) in [4.78, 5) is 25.4. The maximum atomic E-state index is 12.1. The van der Waals surface area contributed by atoms with Gasteiger partial charge in [-0.2, -0.15) is 0 Å². The zero-order valence-corrected chi connectivity index (χ0v) is 13.5. The van der Waals surface area contributed by atoms with E-state index in [0.29, 0.717) is 19.4 Å². The standard InChI is InChI=1S/C14H29N3O3/c1-7-14(8-2,12(18)19)16-13(20)15-11(10(3)4)9-17(5)6/h10-11H,7-9H2,1-6H3,(H,18,19)(H2,15,16,20). The number of likely N-dealkylation sites (N-methyl/N-ethyl adjacent to an activating group) is 1. The van der Waals surface area contributed by atoms with Crippen molar-refractivity contribution in [3.63, 3.8) is 0 Å². The topological polar surface area (TPSA) is 81.7 Å². The van der Waals surface area contributed by atoms with Crippen LogP contribution in [0.15, 0.2) is 0 Å². The van der Waals surface area contributed by atoms with Crippen molar-refractivity contribution < 1.29 is 14.7 Å². The lowest BCUT2D eigenvalue weighted by Gasteiger charge is -2.31. The fourth-order valence-electron chi connectivity index (χ4n) is 2.02. The third kappa shape index (κ3) is 5.36. The van der Waals surface area contributed by atoms with Crippen LogP contribution >= 0.6 is 0 Å². The Balaban J connectivity index is 4.77. The maximum absolute atomic E-state index is 12.1. The van der Waals surface area contributed by atoms with Crippen LogP contribution in [-0.4, -0.2) is 54.2 Å². The first-order valence-electron chi connectivity index (χ1n) is 7.15. The van der Waals surface area contributed by atoms with E-state index in [-0.39, 0.29) is 12.0 Å². The molecule has 3 N–H and O–H groups in total. The first-order valence-corrected chi connectivity index (χ1v) is 7.15. The number of nitrogens with zero attached hydrogens (tertiary/aromatic N) is 1. The number of carboxylic acid groups (broad SMARTS) is 1. The van der Waals surface area contributed by atoms with Gasteiger partial charge in [0.25, 0.3) is 0 Å². The Hall–Kier alpha value is -1.30. The van der Waals surface area contributed by atoms with E-state index in [2.05, 4.69) is 10.6 Å². The molecule has 1 atom stereocenters. The summed E-state index contributed by atoms with van der Waals surface area (Å²) in [6.45, 7) is 8.29. The molecule has 0 rings (SSSR count). The van der Waals surface area contributed by atoms with Gasteiger partial charge in [-0.3, -0.25) is 0 Å². The molecule has 0 aliphatic rings. The summed E-state index contributed by atoms with van der Waals surface area (Å²) in [7, 11) is 3.88. The summed E-state index contributed by atoms with van der Waals surface area (Å²) in [6.07, 6.45) is 0.707. The van der Waals surface area contributed by atoms with Crippen molar-refractivity contribution in [3.8, 4) is 0 Å². The Kier molecular flexibility index (Phi) is 7.57. The number of hydrogen-bond donors (Lipinski definition) is 3. The number of nitrogens with one attached hydrogen (secondary N) is 2. The van der Waals surface area contributed by atoms with Crippen LogP contribution in [0.25, 0.3) is 0 Å². The van der Waals surface area contributed by atoms with Crippen LogP contribution in [-0.2, 0) is 4.79 Å². The van der Waals surface area contributed by atoms with Crippen LogP contribution in [0, 0.1) is 5.92 Å². The van der Waals surface area contributed by atoms with Crippen molar-refractivity contribution in [2.75, 3.05) is 20.6 Å². The molecule has 0 heterocycles. The SMILES string of the molecule is CCC(CC)(NC(=O)NC(CN(C)C)C(C)C)C(=O)O. The van der Waals surface area contributed by atoms with E-state index in [0.717, 1.165) is 0 Å². The van der Waals surface area contributed by atoms with Crippen molar-refractivity contribution in [2.24, 2.45) is 5.92 Å². The molecular weight excluding hydrogens is 258 g/mol. The molecule has 0 spiro atoms. The van der Waals surface area contributed by atoms with Crippen molar-refractivity contribution in [1.29, 1.82) is 0 Å². The molecule has 0 aromatic rings. The number of carboxylic acids is 1. The fraction of sp³-hybridized carbons (Fsp3) is 0.857. The first kappa shape index (κ1) is 18.7. The second kappa shape index (κ2) is 8.09. The molecular formula is C14H29N3O3. The highest BCUT2D eigenvalue weighted by Crippen LogP contribution is 2.15. The van der Waals surface area contributed by atoms with E-state index in [1.54, 1.807) is 13.8 Å². The summed E-state index contributed by atoms with van der Waals surface area (Å²) < 4.78 is 0. The molecule has 0 aromatic heterocycles. The molecule has 0 radical (unpaired) electrons. The van der Waals surface area contributed by atoms with Gasteiger partial charge >= 0.3 is 12.0 Å². The molecule has 0 saturated carbocycles. The quantitative estimate of drug-likeness (QED) is 0.632. The number of carbonyl (C=O) groups excluding carboxylic acids is 1. The molecule has 1 unspecified atom stereocenters. The van der Waals surface area contributed by atoms with Crippen LogP contribution in [0.5, 0.6) is 0 Å². The third-order valence-electron chi connectivity index (χ3n) is 3.65. The molecule has 0 aliphatic carbocycles. The average Bonchev–Trinajstić information content (AvgIpc) is 2.34. The van der Waals surface area contributed by atoms with E-state index in [1.807, 2.05) is 32.8 Å². The third-order valence-corrected chi connectivity index (χ3v) is 3.65. The van der Waals surface area contributed by atoms with Gasteiger partial charge in [-0.05, 0) is 32.9 Å². The van der Waals surface area contributed by atoms with E-state index in [9.17, 15) is 14.7 Å². The second-order valence-electron chi connectivity index (χ2n) is 5.81. The fourth-order valence-corrected chi connectivity index (χ4v) is 2.02. The predicted octanol–water partition coefficient (Wildman–Crippen LogP) is 1.52. The highest BCUT2D eigenvalue weighted by atomic mass is 16.4. The zero-order chi connectivity index (χ0) is 15.9. The molecule has 0 bridgehead atoms. The van der Waals surface area contributed by atoms with Crippen molar-refractivity contribution >= 4 is 12.0 Å². The molecule has 0 aliphatic heterocycles. The Morgan fingerprint density at radius 1 is 1.20 bits per heavy atom. The number of carbonyl (C=O) groups is 2. The summed E-state index contributed by atoms with van der Waals surface area (Å²) in [5.74, 6) is -0.725. The molecule has 0 saturated heterocycles. The van der Waals surface area contributed by atoms with Gasteiger partial charge in [0.2, 0.25) is 0 Å². The van der Waals surface area contributed by atoms with Crippen LogP contribution in [0.2, 0.25) is 0 Å². The molecule has 0 fully saturated rings. The number of amides is 2. The molecule has 0 aromatic carbocycles. The average molecular weight is 287 g/mol.